The second-order valence-corrected chi connectivity index (χ2v) is 7.17. The van der Waals surface area contributed by atoms with Crippen molar-refractivity contribution >= 4 is 23.4 Å². The number of imide groups is 1. The average Bonchev–Trinajstić information content (AvgIpc) is 2.98. The van der Waals surface area contributed by atoms with E-state index < -0.39 is 29.8 Å². The van der Waals surface area contributed by atoms with Crippen LogP contribution in [-0.2, 0) is 0 Å². The van der Waals surface area contributed by atoms with Crippen molar-refractivity contribution in [1.82, 2.24) is 4.90 Å². The smallest absolute Gasteiger partial charge is 0.338 e. The van der Waals surface area contributed by atoms with E-state index in [1.54, 1.807) is 24.3 Å². The highest BCUT2D eigenvalue weighted by molar-refractivity contribution is 6.34. The number of halogens is 3. The maximum atomic E-state index is 13.0. The van der Waals surface area contributed by atoms with Crippen LogP contribution in [0.25, 0.3) is 0 Å². The first-order valence-corrected chi connectivity index (χ1v) is 9.21. The highest BCUT2D eigenvalue weighted by atomic mass is 19.4. The molecule has 2 heterocycles. The average molecular weight is 402 g/mol. The molecule has 2 aromatic rings. The normalized spacial score (nSPS) is 19.5. The molecule has 0 unspecified atom stereocenters. The molecule has 1 saturated heterocycles. The number of benzene rings is 2. The number of rotatable bonds is 2. The minimum atomic E-state index is -4.35. The van der Waals surface area contributed by atoms with Gasteiger partial charge in [-0.1, -0.05) is 18.2 Å². The van der Waals surface area contributed by atoms with Crippen LogP contribution in [0.2, 0.25) is 0 Å². The van der Waals surface area contributed by atoms with E-state index >= 15 is 0 Å². The summed E-state index contributed by atoms with van der Waals surface area (Å²) < 4.78 is 39.1. The van der Waals surface area contributed by atoms with Crippen LogP contribution in [0, 0.1) is 5.92 Å². The molecule has 2 aliphatic heterocycles. The Morgan fingerprint density at radius 1 is 0.966 bits per heavy atom. The Morgan fingerprint density at radius 3 is 2.24 bits per heavy atom. The van der Waals surface area contributed by atoms with E-state index in [0.717, 1.165) is 4.90 Å². The van der Waals surface area contributed by atoms with Gasteiger partial charge in [-0.15, -0.1) is 0 Å². The maximum absolute atomic E-state index is 13.0. The van der Waals surface area contributed by atoms with Gasteiger partial charge in [0.25, 0.3) is 17.7 Å². The van der Waals surface area contributed by atoms with Crippen molar-refractivity contribution in [3.8, 4) is 0 Å². The molecule has 0 saturated carbocycles. The first-order chi connectivity index (χ1) is 13.8. The summed E-state index contributed by atoms with van der Waals surface area (Å²) in [6.45, 7) is -0.151. The molecule has 0 bridgehead atoms. The summed E-state index contributed by atoms with van der Waals surface area (Å²) in [7, 11) is 0. The number of anilines is 1. The molecular formula is C21H17F3N2O3. The summed E-state index contributed by atoms with van der Waals surface area (Å²) in [5.74, 6) is -3.08. The summed E-state index contributed by atoms with van der Waals surface area (Å²) in [4.78, 5) is 40.2. The number of hydrogen-bond donors (Lipinski definition) is 0. The summed E-state index contributed by atoms with van der Waals surface area (Å²) in [6, 6.07) is 12.3. The van der Waals surface area contributed by atoms with E-state index in [-0.39, 0.29) is 48.3 Å². The third-order valence-corrected chi connectivity index (χ3v) is 5.32. The van der Waals surface area contributed by atoms with Gasteiger partial charge >= 0.3 is 6.18 Å². The Morgan fingerprint density at radius 2 is 1.62 bits per heavy atom. The van der Waals surface area contributed by atoms with E-state index in [1.807, 2.05) is 0 Å². The fourth-order valence-corrected chi connectivity index (χ4v) is 3.81. The Hall–Kier alpha value is -3.16. The van der Waals surface area contributed by atoms with Crippen LogP contribution in [0.15, 0.2) is 48.5 Å². The summed E-state index contributed by atoms with van der Waals surface area (Å²) in [5.41, 5.74) is 0.907. The number of alkyl halides is 3. The number of piperidine rings is 1. The monoisotopic (exact) mass is 402 g/mol. The second kappa shape index (κ2) is 7.02. The van der Waals surface area contributed by atoms with Gasteiger partial charge in [-0.3, -0.25) is 14.4 Å². The number of carbonyl (C=O) groups is 3. The van der Waals surface area contributed by atoms with Gasteiger partial charge < -0.3 is 4.90 Å². The van der Waals surface area contributed by atoms with Gasteiger partial charge in [0.15, 0.2) is 0 Å². The third-order valence-electron chi connectivity index (χ3n) is 5.32. The van der Waals surface area contributed by atoms with Gasteiger partial charge in [-0.05, 0) is 43.2 Å². The van der Waals surface area contributed by atoms with Crippen LogP contribution in [-0.4, -0.2) is 41.9 Å². The zero-order valence-electron chi connectivity index (χ0n) is 15.3. The van der Waals surface area contributed by atoms with Gasteiger partial charge in [0, 0.05) is 18.7 Å². The molecule has 0 aliphatic carbocycles. The fraction of sp³-hybridized carbons (Fsp3) is 0.286. The highest BCUT2D eigenvalue weighted by Gasteiger charge is 2.43. The van der Waals surface area contributed by atoms with Crippen LogP contribution in [0.1, 0.15) is 43.9 Å². The van der Waals surface area contributed by atoms with E-state index in [4.69, 9.17) is 0 Å². The van der Waals surface area contributed by atoms with Crippen LogP contribution in [0.4, 0.5) is 18.9 Å². The molecule has 2 aromatic carbocycles. The Labute approximate surface area is 164 Å². The molecule has 150 valence electrons. The molecule has 0 N–H and O–H groups in total. The maximum Gasteiger partial charge on any atom is 0.393 e. The Kier molecular flexibility index (Phi) is 4.64. The zero-order valence-corrected chi connectivity index (χ0v) is 15.3. The van der Waals surface area contributed by atoms with Crippen LogP contribution >= 0.6 is 0 Å². The van der Waals surface area contributed by atoms with Crippen molar-refractivity contribution in [2.24, 2.45) is 5.92 Å². The van der Waals surface area contributed by atoms with E-state index in [1.165, 1.54) is 29.2 Å². The predicted molar refractivity (Wildman–Crippen MR) is 98.7 cm³/mol. The van der Waals surface area contributed by atoms with Gasteiger partial charge in [0.05, 0.1) is 22.7 Å². The lowest BCUT2D eigenvalue weighted by Crippen LogP contribution is -2.44. The molecule has 29 heavy (non-hydrogen) atoms. The number of likely N-dealkylation sites (tertiary alicyclic amines) is 1. The Balaban J connectivity index is 1.59. The van der Waals surface area contributed by atoms with Gasteiger partial charge in [0.2, 0.25) is 0 Å². The number of amides is 3. The largest absolute Gasteiger partial charge is 0.393 e. The van der Waals surface area contributed by atoms with Gasteiger partial charge in [0.1, 0.15) is 0 Å². The first kappa shape index (κ1) is 19.2. The van der Waals surface area contributed by atoms with Gasteiger partial charge in [-0.25, -0.2) is 4.90 Å². The summed E-state index contributed by atoms with van der Waals surface area (Å²) >= 11 is 0. The van der Waals surface area contributed by atoms with Crippen molar-refractivity contribution < 1.29 is 27.6 Å². The summed E-state index contributed by atoms with van der Waals surface area (Å²) in [5, 5.41) is 0. The van der Waals surface area contributed by atoms with Gasteiger partial charge in [-0.2, -0.15) is 13.2 Å². The van der Waals surface area contributed by atoms with Crippen LogP contribution < -0.4 is 4.90 Å². The van der Waals surface area contributed by atoms with E-state index in [2.05, 4.69) is 0 Å². The quantitative estimate of drug-likeness (QED) is 0.716. The Bertz CT molecular complexity index is 968. The number of fused-ring (bicyclic) bond motifs is 1. The molecule has 0 aromatic heterocycles. The van der Waals surface area contributed by atoms with E-state index in [0.29, 0.717) is 0 Å². The van der Waals surface area contributed by atoms with Crippen molar-refractivity contribution in [3.05, 3.63) is 65.2 Å². The van der Waals surface area contributed by atoms with Crippen molar-refractivity contribution in [2.75, 3.05) is 18.0 Å². The molecule has 1 atom stereocenters. The lowest BCUT2D eigenvalue weighted by molar-refractivity contribution is -0.184. The van der Waals surface area contributed by atoms with Crippen LogP contribution in [0.3, 0.4) is 0 Å². The van der Waals surface area contributed by atoms with E-state index in [9.17, 15) is 27.6 Å². The number of hydrogen-bond acceptors (Lipinski definition) is 3. The summed E-state index contributed by atoms with van der Waals surface area (Å²) in [6.07, 6.45) is -4.07. The SMILES string of the molecule is O=C(c1cccc(N2C(=O)c3ccccc3C2=O)c1)N1CCC[C@@H](C(F)(F)F)C1. The fourth-order valence-electron chi connectivity index (χ4n) is 3.81. The minimum Gasteiger partial charge on any atom is -0.338 e. The molecular weight excluding hydrogens is 385 g/mol. The van der Waals surface area contributed by atoms with Crippen molar-refractivity contribution in [3.63, 3.8) is 0 Å². The molecule has 3 amide bonds. The minimum absolute atomic E-state index is 0.00234. The van der Waals surface area contributed by atoms with Crippen LogP contribution in [0.5, 0.6) is 0 Å². The molecule has 0 radical (unpaired) electrons. The first-order valence-electron chi connectivity index (χ1n) is 9.21. The van der Waals surface area contributed by atoms with Crippen molar-refractivity contribution in [2.45, 2.75) is 19.0 Å². The lowest BCUT2D eigenvalue weighted by Gasteiger charge is -2.33. The third kappa shape index (κ3) is 3.39. The topological polar surface area (TPSA) is 57.7 Å². The molecule has 4 rings (SSSR count). The number of carbonyl (C=O) groups excluding carboxylic acids is 3. The second-order valence-electron chi connectivity index (χ2n) is 7.17. The lowest BCUT2D eigenvalue weighted by atomic mass is 9.97. The number of nitrogens with zero attached hydrogens (tertiary/aromatic N) is 2. The highest BCUT2D eigenvalue weighted by Crippen LogP contribution is 2.34. The standard InChI is InChI=1S/C21H17F3N2O3/c22-21(23,24)14-6-4-10-25(12-14)18(27)13-5-3-7-15(11-13)26-19(28)16-8-1-2-9-17(16)20(26)29/h1-3,5,7-9,11,14H,4,6,10,12H2/t14-/m1/s1. The molecule has 5 nitrogen and oxygen atoms in total. The van der Waals surface area contributed by atoms with Crippen molar-refractivity contribution in [1.29, 1.82) is 0 Å². The molecule has 8 heteroatoms. The molecule has 1 fully saturated rings. The molecule has 2 aliphatic rings. The zero-order chi connectivity index (χ0) is 20.8. The molecule has 0 spiro atoms. The predicted octanol–water partition coefficient (Wildman–Crippen LogP) is 3.90.